The summed E-state index contributed by atoms with van der Waals surface area (Å²) in [7, 11) is 0. The van der Waals surface area contributed by atoms with Gasteiger partial charge in [0.25, 0.3) is 5.91 Å². The SMILES string of the molecule is O=C(c1cccs1)N1N=CCC1c1ccccc1. The van der Waals surface area contributed by atoms with Crippen molar-refractivity contribution in [3.8, 4) is 0 Å². The van der Waals surface area contributed by atoms with Gasteiger partial charge in [-0.05, 0) is 17.0 Å². The Balaban J connectivity index is 1.88. The quantitative estimate of drug-likeness (QED) is 0.811. The van der Waals surface area contributed by atoms with Crippen LogP contribution in [0.2, 0.25) is 0 Å². The molecule has 0 N–H and O–H groups in total. The van der Waals surface area contributed by atoms with E-state index in [0.717, 1.165) is 16.9 Å². The molecule has 0 aliphatic carbocycles. The summed E-state index contributed by atoms with van der Waals surface area (Å²) >= 11 is 1.45. The van der Waals surface area contributed by atoms with E-state index in [4.69, 9.17) is 0 Å². The predicted octanol–water partition coefficient (Wildman–Crippen LogP) is 3.32. The lowest BCUT2D eigenvalue weighted by Gasteiger charge is -2.21. The zero-order chi connectivity index (χ0) is 12.4. The van der Waals surface area contributed by atoms with Gasteiger partial charge in [0.1, 0.15) is 0 Å². The van der Waals surface area contributed by atoms with Crippen LogP contribution in [0.1, 0.15) is 27.7 Å². The highest BCUT2D eigenvalue weighted by Gasteiger charge is 2.29. The van der Waals surface area contributed by atoms with Gasteiger partial charge in [-0.2, -0.15) is 5.10 Å². The van der Waals surface area contributed by atoms with E-state index in [1.165, 1.54) is 11.3 Å². The average Bonchev–Trinajstić information content (AvgIpc) is 3.10. The molecule has 3 rings (SSSR count). The Bertz CT molecular complexity index is 563. The van der Waals surface area contributed by atoms with Gasteiger partial charge in [-0.1, -0.05) is 36.4 Å². The van der Waals surface area contributed by atoms with E-state index in [-0.39, 0.29) is 11.9 Å². The Morgan fingerprint density at radius 3 is 2.78 bits per heavy atom. The molecule has 2 heterocycles. The number of carbonyl (C=O) groups is 1. The van der Waals surface area contributed by atoms with E-state index in [1.807, 2.05) is 54.1 Å². The van der Waals surface area contributed by atoms with Crippen molar-refractivity contribution in [2.45, 2.75) is 12.5 Å². The van der Waals surface area contributed by atoms with Crippen LogP contribution in [0.4, 0.5) is 0 Å². The van der Waals surface area contributed by atoms with Crippen molar-refractivity contribution in [1.82, 2.24) is 5.01 Å². The summed E-state index contributed by atoms with van der Waals surface area (Å²) < 4.78 is 0. The van der Waals surface area contributed by atoms with Crippen molar-refractivity contribution < 1.29 is 4.79 Å². The van der Waals surface area contributed by atoms with Gasteiger partial charge in [-0.15, -0.1) is 11.3 Å². The van der Waals surface area contributed by atoms with Gasteiger partial charge in [0.2, 0.25) is 0 Å². The van der Waals surface area contributed by atoms with Gasteiger partial charge in [-0.3, -0.25) is 4.79 Å². The van der Waals surface area contributed by atoms with Gasteiger partial charge < -0.3 is 0 Å². The van der Waals surface area contributed by atoms with E-state index in [9.17, 15) is 4.79 Å². The van der Waals surface area contributed by atoms with Gasteiger partial charge in [0, 0.05) is 12.6 Å². The second kappa shape index (κ2) is 4.74. The Kier molecular flexibility index (Phi) is 2.94. The molecule has 0 bridgehead atoms. The van der Waals surface area contributed by atoms with Crippen LogP contribution >= 0.6 is 11.3 Å². The molecule has 3 nitrogen and oxygen atoms in total. The normalized spacial score (nSPS) is 18.2. The molecule has 1 aliphatic heterocycles. The first-order valence-corrected chi connectivity index (χ1v) is 6.68. The lowest BCUT2D eigenvalue weighted by molar-refractivity contribution is 0.0716. The number of amides is 1. The molecule has 0 fully saturated rings. The number of thiophene rings is 1. The molecule has 2 aromatic rings. The zero-order valence-electron chi connectivity index (χ0n) is 9.69. The van der Waals surface area contributed by atoms with Crippen LogP contribution in [0.3, 0.4) is 0 Å². The van der Waals surface area contributed by atoms with Gasteiger partial charge >= 0.3 is 0 Å². The summed E-state index contributed by atoms with van der Waals surface area (Å²) in [6.45, 7) is 0. The maximum absolute atomic E-state index is 12.3. The van der Waals surface area contributed by atoms with Crippen molar-refractivity contribution in [2.75, 3.05) is 0 Å². The molecule has 1 atom stereocenters. The van der Waals surface area contributed by atoms with Crippen molar-refractivity contribution in [1.29, 1.82) is 0 Å². The second-order valence-electron chi connectivity index (χ2n) is 4.09. The molecule has 0 spiro atoms. The highest BCUT2D eigenvalue weighted by Crippen LogP contribution is 2.30. The van der Waals surface area contributed by atoms with Crippen LogP contribution in [-0.4, -0.2) is 17.1 Å². The fraction of sp³-hybridized carbons (Fsp3) is 0.143. The minimum absolute atomic E-state index is 0.0207. The Labute approximate surface area is 109 Å². The summed E-state index contributed by atoms with van der Waals surface area (Å²) in [6.07, 6.45) is 2.59. The molecule has 0 radical (unpaired) electrons. The minimum Gasteiger partial charge on any atom is -0.266 e. The summed E-state index contributed by atoms with van der Waals surface area (Å²) in [6, 6.07) is 13.8. The van der Waals surface area contributed by atoms with Crippen molar-refractivity contribution >= 4 is 23.5 Å². The maximum Gasteiger partial charge on any atom is 0.284 e. The summed E-state index contributed by atoms with van der Waals surface area (Å²) in [5.74, 6) is -0.0207. The number of rotatable bonds is 2. The molecule has 1 amide bonds. The fourth-order valence-corrected chi connectivity index (χ4v) is 2.73. The third kappa shape index (κ3) is 1.95. The average molecular weight is 256 g/mol. The van der Waals surface area contributed by atoms with Crippen molar-refractivity contribution in [3.05, 3.63) is 58.3 Å². The van der Waals surface area contributed by atoms with Crippen LogP contribution in [0.15, 0.2) is 52.9 Å². The van der Waals surface area contributed by atoms with Crippen molar-refractivity contribution in [3.63, 3.8) is 0 Å². The Morgan fingerprint density at radius 2 is 2.06 bits per heavy atom. The second-order valence-corrected chi connectivity index (χ2v) is 5.03. The number of hydrogen-bond acceptors (Lipinski definition) is 3. The number of hydrazone groups is 1. The highest BCUT2D eigenvalue weighted by atomic mass is 32.1. The largest absolute Gasteiger partial charge is 0.284 e. The number of benzene rings is 1. The Morgan fingerprint density at radius 1 is 1.22 bits per heavy atom. The minimum atomic E-state index is -0.0207. The van der Waals surface area contributed by atoms with Crippen LogP contribution in [0, 0.1) is 0 Å². The summed E-state index contributed by atoms with van der Waals surface area (Å²) in [4.78, 5) is 13.0. The van der Waals surface area contributed by atoms with Gasteiger partial charge in [-0.25, -0.2) is 5.01 Å². The third-order valence-corrected chi connectivity index (χ3v) is 3.81. The highest BCUT2D eigenvalue weighted by molar-refractivity contribution is 7.12. The predicted molar refractivity (Wildman–Crippen MR) is 72.8 cm³/mol. The molecule has 4 heteroatoms. The topological polar surface area (TPSA) is 32.7 Å². The van der Waals surface area contributed by atoms with Crippen LogP contribution < -0.4 is 0 Å². The number of carbonyl (C=O) groups excluding carboxylic acids is 1. The monoisotopic (exact) mass is 256 g/mol. The molecule has 0 saturated carbocycles. The number of hydrogen-bond donors (Lipinski definition) is 0. The molecular formula is C14H12N2OS. The molecule has 1 aromatic carbocycles. The molecule has 1 aromatic heterocycles. The van der Waals surface area contributed by atoms with E-state index < -0.39 is 0 Å². The van der Waals surface area contributed by atoms with Crippen LogP contribution in [-0.2, 0) is 0 Å². The zero-order valence-corrected chi connectivity index (χ0v) is 10.5. The van der Waals surface area contributed by atoms with Gasteiger partial charge in [0.05, 0.1) is 10.9 Å². The molecule has 1 unspecified atom stereocenters. The van der Waals surface area contributed by atoms with Gasteiger partial charge in [0.15, 0.2) is 0 Å². The van der Waals surface area contributed by atoms with E-state index in [1.54, 1.807) is 5.01 Å². The first-order valence-electron chi connectivity index (χ1n) is 5.81. The van der Waals surface area contributed by atoms with E-state index in [2.05, 4.69) is 5.10 Å². The fourth-order valence-electron chi connectivity index (χ4n) is 2.07. The van der Waals surface area contributed by atoms with E-state index in [0.29, 0.717) is 0 Å². The maximum atomic E-state index is 12.3. The summed E-state index contributed by atoms with van der Waals surface area (Å²) in [5.41, 5.74) is 1.12. The van der Waals surface area contributed by atoms with Crippen LogP contribution in [0.25, 0.3) is 0 Å². The standard InChI is InChI=1S/C14H12N2OS/c17-14(13-7-4-10-18-13)16-12(8-9-15-16)11-5-2-1-3-6-11/h1-7,9-10,12H,8H2. The smallest absolute Gasteiger partial charge is 0.266 e. The Hall–Kier alpha value is -1.94. The van der Waals surface area contributed by atoms with Crippen molar-refractivity contribution in [2.24, 2.45) is 5.10 Å². The molecular weight excluding hydrogens is 244 g/mol. The molecule has 0 saturated heterocycles. The third-order valence-electron chi connectivity index (χ3n) is 2.95. The molecule has 18 heavy (non-hydrogen) atoms. The van der Waals surface area contributed by atoms with E-state index >= 15 is 0 Å². The summed E-state index contributed by atoms with van der Waals surface area (Å²) in [5, 5.41) is 7.71. The molecule has 1 aliphatic rings. The first kappa shape index (κ1) is 11.2. The lowest BCUT2D eigenvalue weighted by atomic mass is 10.0. The first-order chi connectivity index (χ1) is 8.86. The molecule has 90 valence electrons. The lowest BCUT2D eigenvalue weighted by Crippen LogP contribution is -2.26. The van der Waals surface area contributed by atoms with Crippen LogP contribution in [0.5, 0.6) is 0 Å². The number of nitrogens with zero attached hydrogens (tertiary/aromatic N) is 2.